The Hall–Kier alpha value is -5.35. The van der Waals surface area contributed by atoms with E-state index in [2.05, 4.69) is 109 Å². The van der Waals surface area contributed by atoms with E-state index in [4.69, 9.17) is 19.7 Å². The molecule has 5 heterocycles. The van der Waals surface area contributed by atoms with Gasteiger partial charge in [-0.25, -0.2) is 9.97 Å². The standard InChI is InChI=1S/C41H29N5O.Pd/c1-41(2,3)27-21-28(46-37-16-8-7-13-32(37)34-15-10-20-43-39(34)46)23-30(22-27)47-29-17-18-31-33-14-9-19-42-38(33)45-25-36(26-11-5-4-6-12-26)44-40(45)35(31)24-29;/h4-22,25H,1-3H3;/q-2;+2. The Morgan fingerprint density at radius 1 is 0.646 bits per heavy atom. The number of imidazole rings is 1. The average Bonchev–Trinajstić information content (AvgIpc) is 3.69. The summed E-state index contributed by atoms with van der Waals surface area (Å²) in [4.78, 5) is 14.6. The number of benzene rings is 4. The Balaban J connectivity index is 0.00000336. The molecule has 7 heteroatoms. The zero-order valence-corrected chi connectivity index (χ0v) is 28.1. The molecule has 0 saturated heterocycles. The molecule has 0 saturated carbocycles. The third-order valence-corrected chi connectivity index (χ3v) is 8.81. The van der Waals surface area contributed by atoms with E-state index in [-0.39, 0.29) is 25.8 Å². The fourth-order valence-electron chi connectivity index (χ4n) is 6.50. The van der Waals surface area contributed by atoms with E-state index in [1.165, 1.54) is 0 Å². The molecule has 0 aliphatic carbocycles. The first-order chi connectivity index (χ1) is 22.9. The van der Waals surface area contributed by atoms with Crippen molar-refractivity contribution >= 4 is 49.4 Å². The van der Waals surface area contributed by atoms with E-state index in [1.54, 1.807) is 0 Å². The Morgan fingerprint density at radius 3 is 2.15 bits per heavy atom. The molecule has 0 atom stereocenters. The molecule has 0 aliphatic rings. The summed E-state index contributed by atoms with van der Waals surface area (Å²) >= 11 is 0. The van der Waals surface area contributed by atoms with Gasteiger partial charge in [0.05, 0.1) is 16.9 Å². The van der Waals surface area contributed by atoms with Crippen LogP contribution in [0.2, 0.25) is 0 Å². The fourth-order valence-corrected chi connectivity index (χ4v) is 6.50. The van der Waals surface area contributed by atoms with E-state index < -0.39 is 0 Å². The molecular weight excluding hydrogens is 685 g/mol. The first-order valence-electron chi connectivity index (χ1n) is 15.7. The predicted molar refractivity (Wildman–Crippen MR) is 188 cm³/mol. The van der Waals surface area contributed by atoms with Crippen LogP contribution in [0.15, 0.2) is 122 Å². The van der Waals surface area contributed by atoms with Crippen molar-refractivity contribution in [1.82, 2.24) is 23.9 Å². The monoisotopic (exact) mass is 713 g/mol. The molecule has 0 bridgehead atoms. The number of fused-ring (bicyclic) bond motifs is 9. The summed E-state index contributed by atoms with van der Waals surface area (Å²) < 4.78 is 10.9. The van der Waals surface area contributed by atoms with Crippen molar-refractivity contribution in [1.29, 1.82) is 0 Å². The van der Waals surface area contributed by atoms with Crippen LogP contribution in [0.4, 0.5) is 0 Å². The van der Waals surface area contributed by atoms with Crippen molar-refractivity contribution in [2.45, 2.75) is 26.2 Å². The number of nitrogens with zero attached hydrogens (tertiary/aromatic N) is 5. The third-order valence-electron chi connectivity index (χ3n) is 8.81. The van der Waals surface area contributed by atoms with Crippen LogP contribution in [0, 0.1) is 12.1 Å². The summed E-state index contributed by atoms with van der Waals surface area (Å²) in [5, 5.41) is 5.16. The van der Waals surface area contributed by atoms with Gasteiger partial charge in [0.15, 0.2) is 0 Å². The number of pyridine rings is 3. The molecule has 9 rings (SSSR count). The van der Waals surface area contributed by atoms with Crippen molar-refractivity contribution < 1.29 is 25.2 Å². The van der Waals surface area contributed by atoms with Gasteiger partial charge in [-0.2, -0.15) is 0 Å². The minimum absolute atomic E-state index is 0. The summed E-state index contributed by atoms with van der Waals surface area (Å²) in [7, 11) is 0. The van der Waals surface area contributed by atoms with Gasteiger partial charge in [-0.1, -0.05) is 97.9 Å². The second-order valence-electron chi connectivity index (χ2n) is 12.9. The summed E-state index contributed by atoms with van der Waals surface area (Å²) in [5.74, 6) is 1.19. The maximum absolute atomic E-state index is 6.64. The molecule has 0 amide bonds. The van der Waals surface area contributed by atoms with Crippen LogP contribution in [0.3, 0.4) is 0 Å². The van der Waals surface area contributed by atoms with E-state index in [0.717, 1.165) is 71.9 Å². The number of aromatic nitrogens is 5. The van der Waals surface area contributed by atoms with Gasteiger partial charge in [0.2, 0.25) is 0 Å². The molecule has 0 aliphatic heterocycles. The molecule has 0 spiro atoms. The second kappa shape index (κ2) is 11.4. The smallest absolute Gasteiger partial charge is 0.503 e. The van der Waals surface area contributed by atoms with Crippen molar-refractivity contribution in [2.75, 3.05) is 0 Å². The first kappa shape index (κ1) is 30.0. The number of para-hydroxylation sites is 1. The summed E-state index contributed by atoms with van der Waals surface area (Å²) in [6.07, 6.45) is 5.71. The molecule has 0 N–H and O–H groups in total. The number of ether oxygens (including phenoxy) is 1. The fraction of sp³-hybridized carbons (Fsp3) is 0.0976. The van der Waals surface area contributed by atoms with Crippen LogP contribution in [-0.4, -0.2) is 23.9 Å². The quantitative estimate of drug-likeness (QED) is 0.104. The molecule has 4 aromatic carbocycles. The number of hydrogen-bond donors (Lipinski definition) is 0. The molecule has 0 unspecified atom stereocenters. The topological polar surface area (TPSA) is 57.2 Å². The van der Waals surface area contributed by atoms with Crippen molar-refractivity contribution in [2.24, 2.45) is 0 Å². The van der Waals surface area contributed by atoms with E-state index in [9.17, 15) is 0 Å². The van der Waals surface area contributed by atoms with Gasteiger partial charge in [0.25, 0.3) is 0 Å². The third kappa shape index (κ3) is 4.86. The minimum atomic E-state index is -0.136. The van der Waals surface area contributed by atoms with Gasteiger partial charge in [-0.15, -0.1) is 35.9 Å². The van der Waals surface area contributed by atoms with Gasteiger partial charge in [0, 0.05) is 46.4 Å². The first-order valence-corrected chi connectivity index (χ1v) is 15.7. The Kier molecular flexibility index (Phi) is 7.14. The normalized spacial score (nSPS) is 11.9. The maximum atomic E-state index is 6.64. The van der Waals surface area contributed by atoms with Crippen LogP contribution in [0.5, 0.6) is 11.5 Å². The van der Waals surface area contributed by atoms with Gasteiger partial charge >= 0.3 is 20.4 Å². The van der Waals surface area contributed by atoms with Crippen LogP contribution < -0.4 is 4.74 Å². The number of hydrogen-bond acceptors (Lipinski definition) is 4. The average molecular weight is 714 g/mol. The van der Waals surface area contributed by atoms with Crippen LogP contribution in [0.1, 0.15) is 26.3 Å². The van der Waals surface area contributed by atoms with E-state index >= 15 is 0 Å². The Labute approximate surface area is 291 Å². The largest absolute Gasteiger partial charge is 2.00 e. The van der Waals surface area contributed by atoms with Crippen LogP contribution in [-0.2, 0) is 25.8 Å². The predicted octanol–water partition coefficient (Wildman–Crippen LogP) is 9.88. The molecule has 0 fully saturated rings. The molecular formula is C41H29N5OPd. The second-order valence-corrected chi connectivity index (χ2v) is 12.9. The van der Waals surface area contributed by atoms with Crippen LogP contribution in [0.25, 0.3) is 66.3 Å². The summed E-state index contributed by atoms with van der Waals surface area (Å²) in [6.45, 7) is 6.63. The molecule has 6 nitrogen and oxygen atoms in total. The zero-order valence-electron chi connectivity index (χ0n) is 26.5. The Morgan fingerprint density at radius 2 is 1.35 bits per heavy atom. The van der Waals surface area contributed by atoms with E-state index in [1.807, 2.05) is 55.0 Å². The molecule has 234 valence electrons. The SMILES string of the molecule is CC(C)(C)c1cc(Oc2[c-]c3c(cc2)c2cccnc2n2cc(-c4ccccc4)nc32)[c-]c(-n2c3ccccc3c3cccnc32)c1.[Pd+2]. The maximum Gasteiger partial charge on any atom is 2.00 e. The number of rotatable bonds is 4. The zero-order chi connectivity index (χ0) is 31.7. The van der Waals surface area contributed by atoms with E-state index in [0.29, 0.717) is 11.5 Å². The van der Waals surface area contributed by atoms with Crippen molar-refractivity contribution in [3.05, 3.63) is 139 Å². The van der Waals surface area contributed by atoms with Gasteiger partial charge in [-0.3, -0.25) is 4.98 Å². The summed E-state index contributed by atoms with van der Waals surface area (Å²) in [6, 6.07) is 42.2. The van der Waals surface area contributed by atoms with Crippen molar-refractivity contribution in [3.8, 4) is 28.4 Å². The van der Waals surface area contributed by atoms with Gasteiger partial charge in [-0.05, 0) is 35.1 Å². The Bertz CT molecular complexity index is 2600. The molecule has 0 radical (unpaired) electrons. The van der Waals surface area contributed by atoms with Crippen molar-refractivity contribution in [3.63, 3.8) is 0 Å². The molecule has 48 heavy (non-hydrogen) atoms. The van der Waals surface area contributed by atoms with Gasteiger partial charge < -0.3 is 13.7 Å². The minimum Gasteiger partial charge on any atom is -0.503 e. The summed E-state index contributed by atoms with van der Waals surface area (Å²) in [5.41, 5.74) is 7.37. The molecule has 5 aromatic heterocycles. The molecule has 9 aromatic rings. The van der Waals surface area contributed by atoms with Crippen LogP contribution >= 0.6 is 0 Å². The van der Waals surface area contributed by atoms with Gasteiger partial charge in [0.1, 0.15) is 11.3 Å².